The number of hydrogen-bond acceptors (Lipinski definition) is 6. The van der Waals surface area contributed by atoms with Gasteiger partial charge >= 0.3 is 0 Å². The smallest absolute Gasteiger partial charge is 0.173 e. The Kier molecular flexibility index (Phi) is 6.49. The molecule has 7 nitrogen and oxygen atoms in total. The van der Waals surface area contributed by atoms with Crippen LogP contribution < -0.4 is 9.64 Å². The largest absolute Gasteiger partial charge is 0.497 e. The molecule has 174 valence electrons. The summed E-state index contributed by atoms with van der Waals surface area (Å²) in [5, 5.41) is 12.7. The average Bonchev–Trinajstić information content (AvgIpc) is 3.34. The Hall–Kier alpha value is -3.78. The molecule has 1 aliphatic heterocycles. The molecule has 0 amide bonds. The summed E-state index contributed by atoms with van der Waals surface area (Å²) in [5.41, 5.74) is 3.27. The maximum Gasteiger partial charge on any atom is 0.173 e. The average molecular weight is 459 g/mol. The van der Waals surface area contributed by atoms with E-state index in [9.17, 15) is 4.39 Å². The van der Waals surface area contributed by atoms with E-state index in [1.54, 1.807) is 7.11 Å². The molecular formula is C26H27FN6O. The van der Waals surface area contributed by atoms with E-state index in [2.05, 4.69) is 49.6 Å². The van der Waals surface area contributed by atoms with Crippen LogP contribution in [0.1, 0.15) is 23.0 Å². The monoisotopic (exact) mass is 458 g/mol. The number of rotatable bonds is 7. The lowest BCUT2D eigenvalue weighted by molar-refractivity contribution is 0.201. The van der Waals surface area contributed by atoms with Crippen LogP contribution in [0, 0.1) is 5.82 Å². The molecule has 0 bridgehead atoms. The molecule has 1 aromatic heterocycles. The zero-order valence-electron chi connectivity index (χ0n) is 19.1. The third-order valence-electron chi connectivity index (χ3n) is 6.28. The van der Waals surface area contributed by atoms with Crippen LogP contribution in [0.4, 0.5) is 10.1 Å². The van der Waals surface area contributed by atoms with Gasteiger partial charge in [-0.25, -0.2) is 9.07 Å². The number of aromatic nitrogens is 4. The summed E-state index contributed by atoms with van der Waals surface area (Å²) in [4.78, 5) is 4.77. The van der Waals surface area contributed by atoms with Crippen molar-refractivity contribution in [1.29, 1.82) is 0 Å². The standard InChI is InChI=1S/C26H27FN6O/c1-34-24-13-7-20(8-14-24)19-33-26(28-29-30-33)25(21-9-11-22(27)12-10-21)32-17-15-31(16-18-32)23-5-3-2-4-6-23/h2-14,25H,15-19H2,1H3/t25-/m1/s1. The fourth-order valence-electron chi connectivity index (χ4n) is 4.47. The van der Waals surface area contributed by atoms with Crippen molar-refractivity contribution in [2.75, 3.05) is 38.2 Å². The van der Waals surface area contributed by atoms with Gasteiger partial charge in [0.05, 0.1) is 19.7 Å². The number of nitrogens with zero attached hydrogens (tertiary/aromatic N) is 6. The molecule has 4 aromatic rings. The Morgan fingerprint density at radius 2 is 1.59 bits per heavy atom. The van der Waals surface area contributed by atoms with Gasteiger partial charge in [0.1, 0.15) is 11.6 Å². The van der Waals surface area contributed by atoms with Crippen molar-refractivity contribution in [2.24, 2.45) is 0 Å². The fraction of sp³-hybridized carbons (Fsp3) is 0.269. The molecule has 0 unspecified atom stereocenters. The molecule has 0 N–H and O–H groups in total. The number of anilines is 1. The molecule has 1 saturated heterocycles. The van der Waals surface area contributed by atoms with Gasteiger partial charge < -0.3 is 9.64 Å². The molecule has 8 heteroatoms. The quantitative estimate of drug-likeness (QED) is 0.420. The minimum atomic E-state index is -0.255. The predicted molar refractivity (Wildman–Crippen MR) is 128 cm³/mol. The summed E-state index contributed by atoms with van der Waals surface area (Å²) in [7, 11) is 1.65. The van der Waals surface area contributed by atoms with Gasteiger partial charge in [-0.2, -0.15) is 0 Å². The summed E-state index contributed by atoms with van der Waals surface area (Å²) >= 11 is 0. The van der Waals surface area contributed by atoms with Crippen LogP contribution in [-0.4, -0.2) is 58.4 Å². The first-order valence-corrected chi connectivity index (χ1v) is 11.4. The van der Waals surface area contributed by atoms with Crippen LogP contribution in [0.15, 0.2) is 78.9 Å². The summed E-state index contributed by atoms with van der Waals surface area (Å²) in [6, 6.07) is 24.8. The van der Waals surface area contributed by atoms with Crippen LogP contribution >= 0.6 is 0 Å². The van der Waals surface area contributed by atoms with Crippen molar-refractivity contribution in [3.63, 3.8) is 0 Å². The third-order valence-corrected chi connectivity index (χ3v) is 6.28. The minimum absolute atomic E-state index is 0.174. The molecular weight excluding hydrogens is 431 g/mol. The molecule has 0 spiro atoms. The molecule has 1 aliphatic rings. The number of piperazine rings is 1. The lowest BCUT2D eigenvalue weighted by atomic mass is 10.0. The lowest BCUT2D eigenvalue weighted by Gasteiger charge is -2.39. The van der Waals surface area contributed by atoms with Crippen molar-refractivity contribution in [3.05, 3.63) is 102 Å². The highest BCUT2D eigenvalue weighted by molar-refractivity contribution is 5.46. The maximum atomic E-state index is 13.7. The third kappa shape index (κ3) is 4.77. The molecule has 34 heavy (non-hydrogen) atoms. The van der Waals surface area contributed by atoms with Gasteiger partial charge in [-0.05, 0) is 58.0 Å². The first-order chi connectivity index (χ1) is 16.7. The number of tetrazole rings is 1. The molecule has 0 aliphatic carbocycles. The molecule has 0 radical (unpaired) electrons. The van der Waals surface area contributed by atoms with Crippen molar-refractivity contribution < 1.29 is 9.13 Å². The second-order valence-corrected chi connectivity index (χ2v) is 8.36. The number of halogens is 1. The van der Waals surface area contributed by atoms with E-state index in [0.717, 1.165) is 48.9 Å². The predicted octanol–water partition coefficient (Wildman–Crippen LogP) is 3.78. The van der Waals surface area contributed by atoms with E-state index in [1.165, 1.54) is 17.8 Å². The minimum Gasteiger partial charge on any atom is -0.497 e. The first kappa shape index (κ1) is 22.0. The molecule has 3 aromatic carbocycles. The second kappa shape index (κ2) is 10.0. The SMILES string of the molecule is COc1ccc(Cn2nnnc2[C@@H](c2ccc(F)cc2)N2CCN(c3ccccc3)CC2)cc1. The zero-order chi connectivity index (χ0) is 23.3. The summed E-state index contributed by atoms with van der Waals surface area (Å²) in [6.45, 7) is 4.00. The van der Waals surface area contributed by atoms with E-state index in [0.29, 0.717) is 6.54 Å². The van der Waals surface area contributed by atoms with Crippen LogP contribution in [0.25, 0.3) is 0 Å². The number of benzene rings is 3. The number of methoxy groups -OCH3 is 1. The Bertz CT molecular complexity index is 1190. The first-order valence-electron chi connectivity index (χ1n) is 11.4. The van der Waals surface area contributed by atoms with Gasteiger partial charge in [0.15, 0.2) is 5.82 Å². The highest BCUT2D eigenvalue weighted by Gasteiger charge is 2.30. The van der Waals surface area contributed by atoms with E-state index in [1.807, 2.05) is 47.1 Å². The maximum absolute atomic E-state index is 13.7. The summed E-state index contributed by atoms with van der Waals surface area (Å²) in [6.07, 6.45) is 0. The van der Waals surface area contributed by atoms with Crippen LogP contribution in [-0.2, 0) is 6.54 Å². The molecule has 2 heterocycles. The molecule has 1 fully saturated rings. The van der Waals surface area contributed by atoms with E-state index in [4.69, 9.17) is 4.74 Å². The van der Waals surface area contributed by atoms with E-state index >= 15 is 0 Å². The van der Waals surface area contributed by atoms with Gasteiger partial charge in [0.2, 0.25) is 0 Å². The van der Waals surface area contributed by atoms with Crippen molar-refractivity contribution in [2.45, 2.75) is 12.6 Å². The van der Waals surface area contributed by atoms with Gasteiger partial charge in [-0.15, -0.1) is 5.10 Å². The van der Waals surface area contributed by atoms with Crippen LogP contribution in [0.5, 0.6) is 5.75 Å². The van der Waals surface area contributed by atoms with Crippen LogP contribution in [0.3, 0.4) is 0 Å². The molecule has 5 rings (SSSR count). The van der Waals surface area contributed by atoms with Crippen molar-refractivity contribution >= 4 is 5.69 Å². The number of hydrogen-bond donors (Lipinski definition) is 0. The Morgan fingerprint density at radius 3 is 2.26 bits per heavy atom. The molecule has 0 saturated carbocycles. The zero-order valence-corrected chi connectivity index (χ0v) is 19.1. The normalized spacial score (nSPS) is 15.3. The van der Waals surface area contributed by atoms with E-state index < -0.39 is 0 Å². The van der Waals surface area contributed by atoms with Crippen molar-refractivity contribution in [1.82, 2.24) is 25.1 Å². The number of ether oxygens (including phenoxy) is 1. The van der Waals surface area contributed by atoms with Crippen molar-refractivity contribution in [3.8, 4) is 5.75 Å². The van der Waals surface area contributed by atoms with Gasteiger partial charge in [-0.3, -0.25) is 4.90 Å². The van der Waals surface area contributed by atoms with Gasteiger partial charge in [-0.1, -0.05) is 42.5 Å². The topological polar surface area (TPSA) is 59.3 Å². The molecule has 1 atom stereocenters. The van der Waals surface area contributed by atoms with E-state index in [-0.39, 0.29) is 11.9 Å². The highest BCUT2D eigenvalue weighted by Crippen LogP contribution is 2.29. The Morgan fingerprint density at radius 1 is 0.882 bits per heavy atom. The van der Waals surface area contributed by atoms with Gasteiger partial charge in [0, 0.05) is 31.9 Å². The lowest BCUT2D eigenvalue weighted by Crippen LogP contribution is -2.48. The van der Waals surface area contributed by atoms with Crippen LogP contribution in [0.2, 0.25) is 0 Å². The Balaban J connectivity index is 1.41. The fourth-order valence-corrected chi connectivity index (χ4v) is 4.47. The summed E-state index contributed by atoms with van der Waals surface area (Å²) < 4.78 is 20.8. The second-order valence-electron chi connectivity index (χ2n) is 8.36. The van der Waals surface area contributed by atoms with Gasteiger partial charge in [0.25, 0.3) is 0 Å². The Labute approximate surface area is 198 Å². The number of para-hydroxylation sites is 1. The highest BCUT2D eigenvalue weighted by atomic mass is 19.1. The summed E-state index contributed by atoms with van der Waals surface area (Å²) in [5.74, 6) is 1.30.